The van der Waals surface area contributed by atoms with Crippen molar-refractivity contribution in [2.24, 2.45) is 4.99 Å². The Hall–Kier alpha value is -1.05. The van der Waals surface area contributed by atoms with Gasteiger partial charge < -0.3 is 15.2 Å². The molecule has 0 aromatic carbocycles. The van der Waals surface area contributed by atoms with E-state index in [1.807, 2.05) is 12.3 Å². The molecule has 0 saturated heterocycles. The Labute approximate surface area is 156 Å². The maximum absolute atomic E-state index is 11.6. The van der Waals surface area contributed by atoms with Crippen LogP contribution in [0, 0.1) is 0 Å². The topological polar surface area (TPSA) is 58.4 Å². The summed E-state index contributed by atoms with van der Waals surface area (Å²) in [5.74, 6) is 0.936. The molecule has 130 valence electrons. The number of unbranched alkanes of at least 4 members (excludes halogenated alkanes) is 1. The van der Waals surface area contributed by atoms with E-state index in [4.69, 9.17) is 0 Å². The molecule has 0 unspecified atom stereocenters. The smallest absolute Gasteiger partial charge is 0.250 e. The van der Waals surface area contributed by atoms with Crippen LogP contribution in [0.25, 0.3) is 0 Å². The predicted octanol–water partition coefficient (Wildman–Crippen LogP) is 2.74. The molecule has 1 aliphatic rings. The van der Waals surface area contributed by atoms with Crippen molar-refractivity contribution in [2.75, 3.05) is 13.1 Å². The van der Waals surface area contributed by atoms with E-state index in [1.165, 1.54) is 25.7 Å². The fourth-order valence-electron chi connectivity index (χ4n) is 2.81. The molecule has 0 atom stereocenters. The first-order valence-electron chi connectivity index (χ1n) is 8.50. The zero-order valence-electron chi connectivity index (χ0n) is 14.0. The van der Waals surface area contributed by atoms with Gasteiger partial charge in [-0.1, -0.05) is 18.9 Å². The van der Waals surface area contributed by atoms with E-state index in [1.54, 1.807) is 16.7 Å². The van der Waals surface area contributed by atoms with Gasteiger partial charge in [-0.2, -0.15) is 0 Å². The second kappa shape index (κ2) is 11.5. The molecule has 5 nitrogen and oxygen atoms in total. The van der Waals surface area contributed by atoms with Crippen molar-refractivity contribution in [1.82, 2.24) is 15.2 Å². The Morgan fingerprint density at radius 2 is 2.09 bits per heavy atom. The molecule has 0 aliphatic heterocycles. The van der Waals surface area contributed by atoms with Crippen LogP contribution in [-0.4, -0.2) is 29.7 Å². The summed E-state index contributed by atoms with van der Waals surface area (Å²) in [6.07, 6.45) is 8.95. The molecule has 23 heavy (non-hydrogen) atoms. The standard InChI is InChI=1S/C17H28N4O.HI/c1-2-18-17(20-15-9-3-4-10-15)19-12-6-8-14-21-13-7-5-11-16(21)22;/h5,7,11,13,15H,2-4,6,8-10,12,14H2,1H3,(H2,18,19,20);1H. The van der Waals surface area contributed by atoms with Gasteiger partial charge in [0, 0.05) is 37.9 Å². The van der Waals surface area contributed by atoms with Gasteiger partial charge >= 0.3 is 0 Å². The van der Waals surface area contributed by atoms with Crippen molar-refractivity contribution in [3.63, 3.8) is 0 Å². The van der Waals surface area contributed by atoms with Crippen molar-refractivity contribution in [2.45, 2.75) is 58.0 Å². The average molecular weight is 432 g/mol. The summed E-state index contributed by atoms with van der Waals surface area (Å²) in [6.45, 7) is 4.54. The van der Waals surface area contributed by atoms with Crippen molar-refractivity contribution in [1.29, 1.82) is 0 Å². The minimum atomic E-state index is 0. The number of halogens is 1. The summed E-state index contributed by atoms with van der Waals surface area (Å²) in [4.78, 5) is 16.2. The number of rotatable bonds is 7. The summed E-state index contributed by atoms with van der Waals surface area (Å²) < 4.78 is 1.76. The van der Waals surface area contributed by atoms with E-state index in [0.29, 0.717) is 6.04 Å². The minimum Gasteiger partial charge on any atom is -0.357 e. The molecule has 1 fully saturated rings. The van der Waals surface area contributed by atoms with E-state index in [-0.39, 0.29) is 29.5 Å². The third kappa shape index (κ3) is 7.37. The van der Waals surface area contributed by atoms with E-state index >= 15 is 0 Å². The molecule has 0 radical (unpaired) electrons. The van der Waals surface area contributed by atoms with Crippen LogP contribution in [0.5, 0.6) is 0 Å². The van der Waals surface area contributed by atoms with Gasteiger partial charge in [-0.3, -0.25) is 9.79 Å². The number of hydrogen-bond donors (Lipinski definition) is 2. The molecule has 0 amide bonds. The lowest BCUT2D eigenvalue weighted by molar-refractivity contribution is 0.591. The van der Waals surface area contributed by atoms with Gasteiger partial charge in [-0.15, -0.1) is 24.0 Å². The molecule has 1 saturated carbocycles. The van der Waals surface area contributed by atoms with Crippen LogP contribution in [0.4, 0.5) is 0 Å². The molecular formula is C17H29IN4O. The highest BCUT2D eigenvalue weighted by atomic mass is 127. The van der Waals surface area contributed by atoms with E-state index in [2.05, 4.69) is 22.5 Å². The Bertz CT molecular complexity index is 523. The highest BCUT2D eigenvalue weighted by Gasteiger charge is 2.15. The Morgan fingerprint density at radius 1 is 1.30 bits per heavy atom. The number of aryl methyl sites for hydroxylation is 1. The summed E-state index contributed by atoms with van der Waals surface area (Å²) in [6, 6.07) is 5.86. The second-order valence-electron chi connectivity index (χ2n) is 5.83. The molecular weight excluding hydrogens is 403 g/mol. The van der Waals surface area contributed by atoms with Crippen LogP contribution in [0.3, 0.4) is 0 Å². The van der Waals surface area contributed by atoms with Gasteiger partial charge in [0.2, 0.25) is 5.56 Å². The number of aromatic nitrogens is 1. The molecule has 1 aromatic heterocycles. The normalized spacial score (nSPS) is 15.3. The predicted molar refractivity (Wildman–Crippen MR) is 107 cm³/mol. The molecule has 1 aromatic rings. The number of pyridine rings is 1. The summed E-state index contributed by atoms with van der Waals surface area (Å²) in [5.41, 5.74) is 0.0715. The first kappa shape index (κ1) is 20.0. The van der Waals surface area contributed by atoms with E-state index < -0.39 is 0 Å². The summed E-state index contributed by atoms with van der Waals surface area (Å²) in [7, 11) is 0. The first-order valence-corrected chi connectivity index (χ1v) is 8.50. The zero-order valence-corrected chi connectivity index (χ0v) is 16.3. The summed E-state index contributed by atoms with van der Waals surface area (Å²) in [5, 5.41) is 6.83. The number of nitrogens with zero attached hydrogens (tertiary/aromatic N) is 2. The lowest BCUT2D eigenvalue weighted by atomic mass is 10.2. The summed E-state index contributed by atoms with van der Waals surface area (Å²) >= 11 is 0. The van der Waals surface area contributed by atoms with Gasteiger partial charge in [0.1, 0.15) is 0 Å². The van der Waals surface area contributed by atoms with Crippen molar-refractivity contribution >= 4 is 29.9 Å². The van der Waals surface area contributed by atoms with Crippen molar-refractivity contribution in [3.05, 3.63) is 34.7 Å². The molecule has 2 N–H and O–H groups in total. The zero-order chi connectivity index (χ0) is 15.6. The van der Waals surface area contributed by atoms with Crippen LogP contribution < -0.4 is 16.2 Å². The third-order valence-electron chi connectivity index (χ3n) is 4.02. The second-order valence-corrected chi connectivity index (χ2v) is 5.83. The third-order valence-corrected chi connectivity index (χ3v) is 4.02. The van der Waals surface area contributed by atoms with Crippen molar-refractivity contribution < 1.29 is 0 Å². The molecule has 0 bridgehead atoms. The molecule has 1 heterocycles. The lowest BCUT2D eigenvalue weighted by Crippen LogP contribution is -2.42. The number of aliphatic imine (C=N–C) groups is 1. The average Bonchev–Trinajstić information content (AvgIpc) is 3.02. The molecule has 2 rings (SSSR count). The van der Waals surface area contributed by atoms with Gasteiger partial charge in [-0.05, 0) is 38.7 Å². The number of guanidine groups is 1. The van der Waals surface area contributed by atoms with Gasteiger partial charge in [0.15, 0.2) is 5.96 Å². The van der Waals surface area contributed by atoms with Gasteiger partial charge in [0.05, 0.1) is 0 Å². The number of hydrogen-bond acceptors (Lipinski definition) is 2. The minimum absolute atomic E-state index is 0. The van der Waals surface area contributed by atoms with Gasteiger partial charge in [0.25, 0.3) is 0 Å². The Morgan fingerprint density at radius 3 is 2.78 bits per heavy atom. The maximum Gasteiger partial charge on any atom is 0.250 e. The van der Waals surface area contributed by atoms with Crippen molar-refractivity contribution in [3.8, 4) is 0 Å². The molecule has 0 spiro atoms. The largest absolute Gasteiger partial charge is 0.357 e. The maximum atomic E-state index is 11.6. The van der Waals surface area contributed by atoms with Crippen LogP contribution in [-0.2, 0) is 6.54 Å². The number of nitrogens with one attached hydrogen (secondary N) is 2. The van der Waals surface area contributed by atoms with Crippen LogP contribution in [0.1, 0.15) is 45.4 Å². The van der Waals surface area contributed by atoms with E-state index in [0.717, 1.165) is 38.4 Å². The van der Waals surface area contributed by atoms with E-state index in [9.17, 15) is 4.79 Å². The molecule has 6 heteroatoms. The molecule has 1 aliphatic carbocycles. The first-order chi connectivity index (χ1) is 10.8. The SMILES string of the molecule is CCNC(=NCCCCn1ccccc1=O)NC1CCCC1.I. The van der Waals surface area contributed by atoms with Crippen LogP contribution in [0.15, 0.2) is 34.2 Å². The van der Waals surface area contributed by atoms with Crippen LogP contribution >= 0.6 is 24.0 Å². The highest BCUT2D eigenvalue weighted by Crippen LogP contribution is 2.17. The van der Waals surface area contributed by atoms with Crippen LogP contribution in [0.2, 0.25) is 0 Å². The fourth-order valence-corrected chi connectivity index (χ4v) is 2.81. The lowest BCUT2D eigenvalue weighted by Gasteiger charge is -2.16. The fraction of sp³-hybridized carbons (Fsp3) is 0.647. The quantitative estimate of drug-likeness (QED) is 0.302. The Balaban J connectivity index is 0.00000264. The van der Waals surface area contributed by atoms with Gasteiger partial charge in [-0.25, -0.2) is 0 Å². The Kier molecular flexibility index (Phi) is 9.98. The highest BCUT2D eigenvalue weighted by molar-refractivity contribution is 14.0. The monoisotopic (exact) mass is 432 g/mol.